The van der Waals surface area contributed by atoms with Gasteiger partial charge in [0, 0.05) is 18.7 Å². The first kappa shape index (κ1) is 15.9. The van der Waals surface area contributed by atoms with E-state index in [2.05, 4.69) is 15.1 Å². The summed E-state index contributed by atoms with van der Waals surface area (Å²) in [7, 11) is -3.39. The van der Waals surface area contributed by atoms with Crippen LogP contribution in [-0.4, -0.2) is 31.7 Å². The Balaban J connectivity index is 1.89. The fraction of sp³-hybridized carbons (Fsp3) is 0.412. The van der Waals surface area contributed by atoms with Crippen molar-refractivity contribution in [2.45, 2.75) is 36.8 Å². The molecule has 6 heteroatoms. The number of nitrogens with zero attached hydrogens (tertiary/aromatic N) is 3. The van der Waals surface area contributed by atoms with Gasteiger partial charge in [-0.05, 0) is 44.4 Å². The van der Waals surface area contributed by atoms with Crippen LogP contribution in [0.5, 0.6) is 0 Å². The topological polar surface area (TPSA) is 63.2 Å². The van der Waals surface area contributed by atoms with Crippen LogP contribution in [0.25, 0.3) is 0 Å². The van der Waals surface area contributed by atoms with Crippen molar-refractivity contribution in [2.75, 3.05) is 18.0 Å². The molecular formula is C17H21N3O2S. The molecule has 1 fully saturated rings. The third kappa shape index (κ3) is 3.69. The summed E-state index contributed by atoms with van der Waals surface area (Å²) in [4.78, 5) is 2.50. The van der Waals surface area contributed by atoms with Crippen LogP contribution in [0.4, 0.5) is 5.82 Å². The van der Waals surface area contributed by atoms with Crippen molar-refractivity contribution in [3.05, 3.63) is 47.7 Å². The molecule has 0 radical (unpaired) electrons. The lowest BCUT2D eigenvalue weighted by Crippen LogP contribution is -2.31. The molecule has 1 aromatic heterocycles. The van der Waals surface area contributed by atoms with Crippen molar-refractivity contribution in [3.63, 3.8) is 0 Å². The Hall–Kier alpha value is -1.95. The van der Waals surface area contributed by atoms with Crippen LogP contribution in [0.15, 0.2) is 41.4 Å². The fourth-order valence-electron chi connectivity index (χ4n) is 2.87. The highest BCUT2D eigenvalue weighted by molar-refractivity contribution is 7.90. The Labute approximate surface area is 137 Å². The van der Waals surface area contributed by atoms with E-state index in [1.165, 1.54) is 6.42 Å². The molecule has 0 N–H and O–H groups in total. The van der Waals surface area contributed by atoms with Gasteiger partial charge < -0.3 is 4.90 Å². The monoisotopic (exact) mass is 331 g/mol. The number of anilines is 1. The maximum atomic E-state index is 12.7. The maximum Gasteiger partial charge on any atom is 0.182 e. The minimum absolute atomic E-state index is 0.0442. The van der Waals surface area contributed by atoms with Gasteiger partial charge in [0.05, 0.1) is 16.8 Å². The van der Waals surface area contributed by atoms with E-state index in [4.69, 9.17) is 0 Å². The van der Waals surface area contributed by atoms with Crippen molar-refractivity contribution < 1.29 is 8.42 Å². The number of aromatic nitrogens is 2. The van der Waals surface area contributed by atoms with Crippen LogP contribution in [0.1, 0.15) is 30.4 Å². The SMILES string of the molecule is Cc1ccc(S(=O)(=O)Cc2ccnnc2N2CCCCC2)cc1. The van der Waals surface area contributed by atoms with E-state index >= 15 is 0 Å². The van der Waals surface area contributed by atoms with Gasteiger partial charge >= 0.3 is 0 Å². The highest BCUT2D eigenvalue weighted by Crippen LogP contribution is 2.25. The molecule has 5 nitrogen and oxygen atoms in total. The fourth-order valence-corrected chi connectivity index (χ4v) is 4.22. The molecule has 1 aliphatic heterocycles. The quantitative estimate of drug-likeness (QED) is 0.862. The second-order valence-corrected chi connectivity index (χ2v) is 7.99. The van der Waals surface area contributed by atoms with Crippen molar-refractivity contribution in [3.8, 4) is 0 Å². The summed E-state index contributed by atoms with van der Waals surface area (Å²) in [5.74, 6) is 0.667. The lowest BCUT2D eigenvalue weighted by molar-refractivity contribution is 0.568. The van der Waals surface area contributed by atoms with Gasteiger partial charge in [0.2, 0.25) is 0 Å². The van der Waals surface area contributed by atoms with Crippen molar-refractivity contribution >= 4 is 15.7 Å². The summed E-state index contributed by atoms with van der Waals surface area (Å²) in [6.07, 6.45) is 5.00. The largest absolute Gasteiger partial charge is 0.355 e. The van der Waals surface area contributed by atoms with E-state index in [1.807, 2.05) is 19.1 Å². The van der Waals surface area contributed by atoms with Crippen molar-refractivity contribution in [2.24, 2.45) is 0 Å². The van der Waals surface area contributed by atoms with Crippen molar-refractivity contribution in [1.82, 2.24) is 10.2 Å². The summed E-state index contributed by atoms with van der Waals surface area (Å²) in [5, 5.41) is 8.15. The standard InChI is InChI=1S/C17H21N3O2S/c1-14-5-7-16(8-6-14)23(21,22)13-15-9-10-18-19-17(15)20-11-3-2-4-12-20/h5-10H,2-4,11-13H2,1H3. The molecular weight excluding hydrogens is 310 g/mol. The molecule has 0 amide bonds. The first-order chi connectivity index (χ1) is 11.1. The Bertz CT molecular complexity index is 767. The zero-order valence-electron chi connectivity index (χ0n) is 13.3. The maximum absolute atomic E-state index is 12.7. The summed E-state index contributed by atoms with van der Waals surface area (Å²) in [6.45, 7) is 3.77. The molecule has 0 bridgehead atoms. The Kier molecular flexibility index (Phi) is 4.61. The summed E-state index contributed by atoms with van der Waals surface area (Å²) < 4.78 is 25.4. The molecule has 0 aliphatic carbocycles. The first-order valence-electron chi connectivity index (χ1n) is 7.91. The molecule has 0 atom stereocenters. The van der Waals surface area contributed by atoms with Gasteiger partial charge in [-0.1, -0.05) is 17.7 Å². The zero-order valence-corrected chi connectivity index (χ0v) is 14.1. The van der Waals surface area contributed by atoms with Gasteiger partial charge in [-0.15, -0.1) is 5.10 Å². The molecule has 0 saturated carbocycles. The highest BCUT2D eigenvalue weighted by atomic mass is 32.2. The Morgan fingerprint density at radius 3 is 2.43 bits per heavy atom. The smallest absolute Gasteiger partial charge is 0.182 e. The number of aryl methyl sites for hydroxylation is 1. The third-order valence-corrected chi connectivity index (χ3v) is 5.84. The van der Waals surface area contributed by atoms with Gasteiger partial charge in [0.15, 0.2) is 15.7 Å². The zero-order chi connectivity index (χ0) is 16.3. The third-order valence-electron chi connectivity index (χ3n) is 4.16. The average molecular weight is 331 g/mol. The van der Waals surface area contributed by atoms with Crippen LogP contribution >= 0.6 is 0 Å². The van der Waals surface area contributed by atoms with E-state index in [-0.39, 0.29) is 5.75 Å². The van der Waals surface area contributed by atoms with Crippen molar-refractivity contribution in [1.29, 1.82) is 0 Å². The van der Waals surface area contributed by atoms with E-state index < -0.39 is 9.84 Å². The minimum Gasteiger partial charge on any atom is -0.355 e. The van der Waals surface area contributed by atoms with Crippen LogP contribution in [-0.2, 0) is 15.6 Å². The number of sulfone groups is 1. The lowest BCUT2D eigenvalue weighted by Gasteiger charge is -2.28. The second kappa shape index (κ2) is 6.66. The molecule has 0 unspecified atom stereocenters. The van der Waals surface area contributed by atoms with E-state index in [9.17, 15) is 8.42 Å². The van der Waals surface area contributed by atoms with Gasteiger partial charge in [0.1, 0.15) is 0 Å². The van der Waals surface area contributed by atoms with Gasteiger partial charge in [-0.25, -0.2) is 8.42 Å². The second-order valence-electron chi connectivity index (χ2n) is 6.00. The number of rotatable bonds is 4. The predicted octanol–water partition coefficient (Wildman–Crippen LogP) is 2.75. The van der Waals surface area contributed by atoms with Crippen LogP contribution in [0.3, 0.4) is 0 Å². The molecule has 122 valence electrons. The summed E-state index contributed by atoms with van der Waals surface area (Å²) in [5.41, 5.74) is 1.77. The molecule has 1 saturated heterocycles. The van der Waals surface area contributed by atoms with E-state index in [0.29, 0.717) is 10.7 Å². The molecule has 2 heterocycles. The molecule has 0 spiro atoms. The first-order valence-corrected chi connectivity index (χ1v) is 9.56. The van der Waals surface area contributed by atoms with Crippen LogP contribution < -0.4 is 4.90 Å². The van der Waals surface area contributed by atoms with E-state index in [0.717, 1.165) is 37.1 Å². The molecule has 3 rings (SSSR count). The summed E-state index contributed by atoms with van der Waals surface area (Å²) >= 11 is 0. The molecule has 23 heavy (non-hydrogen) atoms. The number of hydrogen-bond acceptors (Lipinski definition) is 5. The molecule has 2 aromatic rings. The Morgan fingerprint density at radius 2 is 1.74 bits per heavy atom. The van der Waals surface area contributed by atoms with Gasteiger partial charge in [-0.2, -0.15) is 5.10 Å². The Morgan fingerprint density at radius 1 is 1.04 bits per heavy atom. The average Bonchev–Trinajstić information content (AvgIpc) is 2.56. The normalized spacial score (nSPS) is 15.6. The van der Waals surface area contributed by atoms with Gasteiger partial charge in [0.25, 0.3) is 0 Å². The predicted molar refractivity (Wildman–Crippen MR) is 90.2 cm³/mol. The van der Waals surface area contributed by atoms with E-state index in [1.54, 1.807) is 24.4 Å². The number of hydrogen-bond donors (Lipinski definition) is 0. The number of piperidine rings is 1. The van der Waals surface area contributed by atoms with Crippen LogP contribution in [0.2, 0.25) is 0 Å². The van der Waals surface area contributed by atoms with Gasteiger partial charge in [-0.3, -0.25) is 0 Å². The van der Waals surface area contributed by atoms with Crippen LogP contribution in [0, 0.1) is 6.92 Å². The molecule has 1 aromatic carbocycles. The summed E-state index contributed by atoms with van der Waals surface area (Å²) in [6, 6.07) is 8.74. The minimum atomic E-state index is -3.39. The number of benzene rings is 1. The molecule has 1 aliphatic rings. The highest BCUT2D eigenvalue weighted by Gasteiger charge is 2.21. The lowest BCUT2D eigenvalue weighted by atomic mass is 10.1.